The summed E-state index contributed by atoms with van der Waals surface area (Å²) in [5, 5.41) is 2.83. The predicted octanol–water partition coefficient (Wildman–Crippen LogP) is 2.06. The molecule has 1 fully saturated rings. The van der Waals surface area contributed by atoms with Crippen molar-refractivity contribution in [3.8, 4) is 5.75 Å². The van der Waals surface area contributed by atoms with Crippen molar-refractivity contribution in [2.24, 2.45) is 5.92 Å². The lowest BCUT2D eigenvalue weighted by Crippen LogP contribution is -2.59. The lowest BCUT2D eigenvalue weighted by atomic mass is 9.99. The fourth-order valence-corrected chi connectivity index (χ4v) is 2.90. The number of ether oxygens (including phenoxy) is 1. The first-order valence-corrected chi connectivity index (χ1v) is 8.18. The molecular weight excluding hydrogens is 292 g/mol. The van der Waals surface area contributed by atoms with Crippen molar-refractivity contribution >= 4 is 11.8 Å². The van der Waals surface area contributed by atoms with Gasteiger partial charge in [-0.05, 0) is 37.0 Å². The van der Waals surface area contributed by atoms with Crippen molar-refractivity contribution in [2.45, 2.75) is 40.2 Å². The van der Waals surface area contributed by atoms with E-state index in [1.54, 1.807) is 4.90 Å². The SMILES string of the molecule is Cc1cccc(OCCC(=O)N2CCNC(=O)C2C(C)C)c1C. The summed E-state index contributed by atoms with van der Waals surface area (Å²) in [7, 11) is 0. The van der Waals surface area contributed by atoms with Gasteiger partial charge in [-0.2, -0.15) is 0 Å². The number of hydrogen-bond acceptors (Lipinski definition) is 3. The molecular formula is C18H26N2O3. The molecule has 1 heterocycles. The van der Waals surface area contributed by atoms with Crippen LogP contribution in [0.2, 0.25) is 0 Å². The van der Waals surface area contributed by atoms with Crippen LogP contribution < -0.4 is 10.1 Å². The highest BCUT2D eigenvalue weighted by molar-refractivity contribution is 5.89. The Kier molecular flexibility index (Phi) is 5.64. The zero-order valence-corrected chi connectivity index (χ0v) is 14.4. The maximum Gasteiger partial charge on any atom is 0.243 e. The number of nitrogens with zero attached hydrogens (tertiary/aromatic N) is 1. The van der Waals surface area contributed by atoms with E-state index in [-0.39, 0.29) is 30.2 Å². The summed E-state index contributed by atoms with van der Waals surface area (Å²) >= 11 is 0. The quantitative estimate of drug-likeness (QED) is 0.904. The van der Waals surface area contributed by atoms with Gasteiger partial charge >= 0.3 is 0 Å². The van der Waals surface area contributed by atoms with E-state index in [0.717, 1.165) is 11.3 Å². The number of hydrogen-bond donors (Lipinski definition) is 1. The molecule has 1 aromatic rings. The van der Waals surface area contributed by atoms with Gasteiger partial charge < -0.3 is 15.0 Å². The third-order valence-electron chi connectivity index (χ3n) is 4.34. The van der Waals surface area contributed by atoms with Crippen LogP contribution in [0.15, 0.2) is 18.2 Å². The summed E-state index contributed by atoms with van der Waals surface area (Å²) in [5.74, 6) is 0.827. The molecule has 2 rings (SSSR count). The molecule has 0 aliphatic carbocycles. The molecule has 1 aliphatic heterocycles. The highest BCUT2D eigenvalue weighted by atomic mass is 16.5. The first-order chi connectivity index (χ1) is 10.9. The number of piperazine rings is 1. The van der Waals surface area contributed by atoms with E-state index >= 15 is 0 Å². The normalized spacial score (nSPS) is 18.0. The van der Waals surface area contributed by atoms with Crippen molar-refractivity contribution < 1.29 is 14.3 Å². The summed E-state index contributed by atoms with van der Waals surface area (Å²) in [6, 6.07) is 5.52. The van der Waals surface area contributed by atoms with Crippen molar-refractivity contribution in [3.63, 3.8) is 0 Å². The molecule has 0 spiro atoms. The van der Waals surface area contributed by atoms with Crippen molar-refractivity contribution in [2.75, 3.05) is 19.7 Å². The van der Waals surface area contributed by atoms with Gasteiger partial charge in [0.25, 0.3) is 0 Å². The van der Waals surface area contributed by atoms with Crippen molar-refractivity contribution in [3.05, 3.63) is 29.3 Å². The van der Waals surface area contributed by atoms with Gasteiger partial charge in [0.1, 0.15) is 11.8 Å². The molecule has 5 heteroatoms. The van der Waals surface area contributed by atoms with E-state index in [1.165, 1.54) is 5.56 Å². The summed E-state index contributed by atoms with van der Waals surface area (Å²) in [6.45, 7) is 9.38. The predicted molar refractivity (Wildman–Crippen MR) is 89.4 cm³/mol. The van der Waals surface area contributed by atoms with Crippen LogP contribution in [-0.4, -0.2) is 42.5 Å². The maximum atomic E-state index is 12.5. The molecule has 0 aromatic heterocycles. The van der Waals surface area contributed by atoms with Gasteiger partial charge in [-0.25, -0.2) is 0 Å². The number of nitrogens with one attached hydrogen (secondary N) is 1. The van der Waals surface area contributed by atoms with Gasteiger partial charge in [0.15, 0.2) is 0 Å². The molecule has 1 aromatic carbocycles. The van der Waals surface area contributed by atoms with Crippen LogP contribution in [0.5, 0.6) is 5.75 Å². The fraction of sp³-hybridized carbons (Fsp3) is 0.556. The fourth-order valence-electron chi connectivity index (χ4n) is 2.90. The number of amides is 2. The number of carbonyl (C=O) groups excluding carboxylic acids is 2. The molecule has 1 atom stereocenters. The van der Waals surface area contributed by atoms with E-state index in [2.05, 4.69) is 5.32 Å². The molecule has 5 nitrogen and oxygen atoms in total. The molecule has 0 saturated carbocycles. The van der Waals surface area contributed by atoms with Gasteiger partial charge in [-0.3, -0.25) is 9.59 Å². The van der Waals surface area contributed by atoms with Crippen molar-refractivity contribution in [1.82, 2.24) is 10.2 Å². The van der Waals surface area contributed by atoms with Crippen LogP contribution in [0.4, 0.5) is 0 Å². The zero-order valence-electron chi connectivity index (χ0n) is 14.4. The Morgan fingerprint density at radius 2 is 2.13 bits per heavy atom. The Morgan fingerprint density at radius 1 is 1.39 bits per heavy atom. The molecule has 126 valence electrons. The topological polar surface area (TPSA) is 58.6 Å². The second-order valence-electron chi connectivity index (χ2n) is 6.36. The van der Waals surface area contributed by atoms with Gasteiger partial charge in [0.05, 0.1) is 13.0 Å². The van der Waals surface area contributed by atoms with Gasteiger partial charge in [-0.1, -0.05) is 26.0 Å². The minimum atomic E-state index is -0.378. The second-order valence-corrected chi connectivity index (χ2v) is 6.36. The number of rotatable bonds is 5. The minimum absolute atomic E-state index is 0.0242. The molecule has 23 heavy (non-hydrogen) atoms. The van der Waals surface area contributed by atoms with Gasteiger partial charge in [-0.15, -0.1) is 0 Å². The zero-order chi connectivity index (χ0) is 17.0. The molecule has 1 N–H and O–H groups in total. The van der Waals surface area contributed by atoms with E-state index in [0.29, 0.717) is 19.7 Å². The van der Waals surface area contributed by atoms with E-state index < -0.39 is 0 Å². The Bertz CT molecular complexity index is 584. The molecule has 2 amide bonds. The molecule has 1 unspecified atom stereocenters. The largest absolute Gasteiger partial charge is 0.493 e. The third-order valence-corrected chi connectivity index (χ3v) is 4.34. The number of carbonyl (C=O) groups is 2. The summed E-state index contributed by atoms with van der Waals surface area (Å²) in [5.41, 5.74) is 2.26. The summed E-state index contributed by atoms with van der Waals surface area (Å²) < 4.78 is 5.75. The molecule has 1 aliphatic rings. The van der Waals surface area contributed by atoms with E-state index in [9.17, 15) is 9.59 Å². The van der Waals surface area contributed by atoms with Crippen LogP contribution in [0.25, 0.3) is 0 Å². The van der Waals surface area contributed by atoms with Gasteiger partial charge in [0.2, 0.25) is 11.8 Å². The number of benzene rings is 1. The summed E-state index contributed by atoms with van der Waals surface area (Å²) in [4.78, 5) is 26.1. The standard InChI is InChI=1S/C18H26N2O3/c1-12(2)17-18(22)19-9-10-20(17)16(21)8-11-23-15-7-5-6-13(3)14(15)4/h5-7,12,17H,8-11H2,1-4H3,(H,19,22). The van der Waals surface area contributed by atoms with E-state index in [1.807, 2.05) is 45.9 Å². The Labute approximate surface area is 138 Å². The maximum absolute atomic E-state index is 12.5. The average Bonchev–Trinajstić information content (AvgIpc) is 2.50. The highest BCUT2D eigenvalue weighted by Gasteiger charge is 2.34. The minimum Gasteiger partial charge on any atom is -0.493 e. The van der Waals surface area contributed by atoms with Crippen LogP contribution >= 0.6 is 0 Å². The van der Waals surface area contributed by atoms with Gasteiger partial charge in [0, 0.05) is 13.1 Å². The molecule has 0 bridgehead atoms. The monoisotopic (exact) mass is 318 g/mol. The lowest BCUT2D eigenvalue weighted by Gasteiger charge is -2.37. The number of aryl methyl sites for hydroxylation is 1. The van der Waals surface area contributed by atoms with Crippen LogP contribution in [0, 0.1) is 19.8 Å². The van der Waals surface area contributed by atoms with Crippen LogP contribution in [-0.2, 0) is 9.59 Å². The third kappa shape index (κ3) is 4.03. The Hall–Kier alpha value is -2.04. The Morgan fingerprint density at radius 3 is 2.83 bits per heavy atom. The highest BCUT2D eigenvalue weighted by Crippen LogP contribution is 2.21. The van der Waals surface area contributed by atoms with Crippen LogP contribution in [0.3, 0.4) is 0 Å². The molecule has 1 saturated heterocycles. The average molecular weight is 318 g/mol. The first kappa shape index (κ1) is 17.3. The smallest absolute Gasteiger partial charge is 0.243 e. The lowest BCUT2D eigenvalue weighted by molar-refractivity contribution is -0.145. The summed E-state index contributed by atoms with van der Waals surface area (Å²) in [6.07, 6.45) is 0.282. The Balaban J connectivity index is 1.93. The first-order valence-electron chi connectivity index (χ1n) is 8.18. The second kappa shape index (κ2) is 7.49. The molecule has 0 radical (unpaired) electrons. The van der Waals surface area contributed by atoms with Crippen LogP contribution in [0.1, 0.15) is 31.4 Å². The van der Waals surface area contributed by atoms with E-state index in [4.69, 9.17) is 4.74 Å². The van der Waals surface area contributed by atoms with Crippen molar-refractivity contribution in [1.29, 1.82) is 0 Å².